The lowest BCUT2D eigenvalue weighted by atomic mass is 9.63. The number of anilines is 9. The zero-order valence-corrected chi connectivity index (χ0v) is 73.0. The average molecular weight is 1580 g/mol. The largest absolute Gasteiger partial charge is 0.311 e. The standard InChI is InChI=1S/C117H129N3/c1-7-13-19-43-79-115(80-44-20-14-8-2)106-76-67-91(88-61-70-100(71-62-88)118(94-49-31-25-32-50-94)95-51-33-26-34-52-95)85-103(106)109-112(115)110-104-86-92(89-63-72-101(73-64-89)119(96-53-35-27-36-54-96)97-55-37-28-38-56-97)68-77-107(104)116(81-45-21-15-9-3,82-46-22-16-10-4)114(110)111-105-87-93(69-78-108(105)117(113(109)111,83-47-23-17-11-5)84-48-24-18-12-6)90-65-74-102(75-66-90)120(98-57-39-29-40-58-98)99-59-41-30-42-60-99/h25-42,49-78,85-87H,7-24,43-48,79-84H2,1-6H3. The van der Waals surface area contributed by atoms with Crippen LogP contribution in [-0.4, -0.2) is 0 Å². The molecule has 0 spiro atoms. The van der Waals surface area contributed by atoms with E-state index in [4.69, 9.17) is 0 Å². The van der Waals surface area contributed by atoms with E-state index in [-0.39, 0.29) is 16.2 Å². The Morgan fingerprint density at radius 2 is 0.350 bits per heavy atom. The second-order valence-corrected chi connectivity index (χ2v) is 35.3. The van der Waals surface area contributed by atoms with E-state index in [1.807, 2.05) is 0 Å². The lowest BCUT2D eigenvalue weighted by Crippen LogP contribution is -2.31. The summed E-state index contributed by atoms with van der Waals surface area (Å²) in [7, 11) is 0. The molecule has 3 heteroatoms. The monoisotopic (exact) mass is 1580 g/mol. The van der Waals surface area contributed by atoms with Crippen molar-refractivity contribution in [3.8, 4) is 66.8 Å². The molecular weight excluding hydrogens is 1450 g/mol. The maximum atomic E-state index is 2.79. The van der Waals surface area contributed by atoms with Gasteiger partial charge in [-0.1, -0.05) is 378 Å². The minimum atomic E-state index is -0.251. The number of benzene rings is 13. The zero-order chi connectivity index (χ0) is 82.1. The van der Waals surface area contributed by atoms with E-state index in [1.54, 1.807) is 50.1 Å². The summed E-state index contributed by atoms with van der Waals surface area (Å²) in [6.07, 6.45) is 36.3. The molecule has 0 bridgehead atoms. The molecule has 0 fully saturated rings. The Morgan fingerprint density at radius 3 is 0.533 bits per heavy atom. The minimum absolute atomic E-state index is 0.251. The number of hydrogen-bond acceptors (Lipinski definition) is 3. The van der Waals surface area contributed by atoms with Crippen LogP contribution in [0.15, 0.2) is 309 Å². The van der Waals surface area contributed by atoms with Gasteiger partial charge in [-0.05, 0) is 266 Å². The van der Waals surface area contributed by atoms with Crippen LogP contribution in [0.5, 0.6) is 0 Å². The quantitative estimate of drug-likeness (QED) is 0.0353. The Kier molecular flexibility index (Phi) is 27.1. The van der Waals surface area contributed by atoms with Crippen molar-refractivity contribution >= 4 is 51.2 Å². The van der Waals surface area contributed by atoms with Crippen LogP contribution in [0.25, 0.3) is 66.8 Å². The maximum absolute atomic E-state index is 2.79. The normalized spacial score (nSPS) is 13.4. The van der Waals surface area contributed by atoms with E-state index in [0.29, 0.717) is 0 Å². The van der Waals surface area contributed by atoms with Crippen LogP contribution in [-0.2, 0) is 16.2 Å². The topological polar surface area (TPSA) is 9.72 Å². The van der Waals surface area contributed by atoms with Gasteiger partial charge in [0.05, 0.1) is 0 Å². The van der Waals surface area contributed by atoms with E-state index >= 15 is 0 Å². The van der Waals surface area contributed by atoms with Gasteiger partial charge in [0.15, 0.2) is 0 Å². The molecule has 3 aliphatic rings. The average Bonchev–Trinajstić information content (AvgIpc) is 1.48. The molecule has 0 unspecified atom stereocenters. The smallest absolute Gasteiger partial charge is 0.0462 e. The molecule has 0 atom stereocenters. The number of fused-ring (bicyclic) bond motifs is 12. The van der Waals surface area contributed by atoms with Crippen molar-refractivity contribution in [2.75, 3.05) is 14.7 Å². The van der Waals surface area contributed by atoms with E-state index in [2.05, 4.69) is 366 Å². The van der Waals surface area contributed by atoms with E-state index < -0.39 is 0 Å². The van der Waals surface area contributed by atoms with Crippen molar-refractivity contribution in [2.45, 2.75) is 250 Å². The maximum Gasteiger partial charge on any atom is 0.0462 e. The highest BCUT2D eigenvalue weighted by molar-refractivity contribution is 6.07. The molecule has 0 saturated heterocycles. The summed E-state index contributed by atoms with van der Waals surface area (Å²) in [4.78, 5) is 7.25. The van der Waals surface area contributed by atoms with Crippen LogP contribution < -0.4 is 14.7 Å². The molecule has 3 aliphatic carbocycles. The molecule has 0 aromatic heterocycles. The van der Waals surface area contributed by atoms with Gasteiger partial charge in [0, 0.05) is 67.4 Å². The van der Waals surface area contributed by atoms with Crippen LogP contribution >= 0.6 is 0 Å². The molecule has 13 aromatic carbocycles. The molecule has 0 saturated carbocycles. The van der Waals surface area contributed by atoms with Crippen molar-refractivity contribution in [1.29, 1.82) is 0 Å². The van der Waals surface area contributed by atoms with E-state index in [9.17, 15) is 0 Å². The third-order valence-corrected chi connectivity index (χ3v) is 27.6. The van der Waals surface area contributed by atoms with Crippen LogP contribution in [0.2, 0.25) is 0 Å². The van der Waals surface area contributed by atoms with Crippen LogP contribution in [0.4, 0.5) is 51.2 Å². The highest BCUT2D eigenvalue weighted by Gasteiger charge is 2.58. The summed E-state index contributed by atoms with van der Waals surface area (Å²) in [6, 6.07) is 119. The molecule has 13 aromatic rings. The van der Waals surface area contributed by atoms with Gasteiger partial charge in [-0.15, -0.1) is 0 Å². The SMILES string of the molecule is CCCCCCC1(CCCCCC)c2ccc(-c3ccc(N(c4ccccc4)c4ccccc4)cc3)cc2-c2c1c1c(c3c2C(CCCCCC)(CCCCCC)c2ccc(-c4ccc(N(c5ccccc5)c5ccccc5)cc4)cc2-3)C(CCCCCC)(CCCCCC)c2ccc(-c3ccc(N(c4ccccc4)c4ccccc4)cc3)cc2-1. The molecule has 120 heavy (non-hydrogen) atoms. The molecular formula is C117H129N3. The Bertz CT molecular complexity index is 4720. The first kappa shape index (κ1) is 82.9. The highest BCUT2D eigenvalue weighted by atomic mass is 15.2. The van der Waals surface area contributed by atoms with Crippen LogP contribution in [0.1, 0.15) is 268 Å². The second-order valence-electron chi connectivity index (χ2n) is 35.3. The summed E-state index contributed by atoms with van der Waals surface area (Å²) < 4.78 is 0. The third-order valence-electron chi connectivity index (χ3n) is 27.6. The Hall–Kier alpha value is -10.7. The second kappa shape index (κ2) is 39.2. The van der Waals surface area contributed by atoms with Gasteiger partial charge in [0.2, 0.25) is 0 Å². The number of hydrogen-bond donors (Lipinski definition) is 0. The van der Waals surface area contributed by atoms with Gasteiger partial charge in [0.25, 0.3) is 0 Å². The Labute approximate surface area is 721 Å². The molecule has 3 nitrogen and oxygen atoms in total. The number of para-hydroxylation sites is 6. The summed E-state index contributed by atoms with van der Waals surface area (Å²) >= 11 is 0. The first-order chi connectivity index (χ1) is 59.3. The van der Waals surface area contributed by atoms with Gasteiger partial charge in [-0.3, -0.25) is 0 Å². The third kappa shape index (κ3) is 16.8. The molecule has 0 aliphatic heterocycles. The van der Waals surface area contributed by atoms with Gasteiger partial charge in [-0.2, -0.15) is 0 Å². The van der Waals surface area contributed by atoms with Crippen molar-refractivity contribution in [2.24, 2.45) is 0 Å². The van der Waals surface area contributed by atoms with Gasteiger partial charge in [0.1, 0.15) is 0 Å². The first-order valence-electron chi connectivity index (χ1n) is 47.0. The van der Waals surface area contributed by atoms with Crippen molar-refractivity contribution < 1.29 is 0 Å². The lowest BCUT2D eigenvalue weighted by molar-refractivity contribution is 0.389. The van der Waals surface area contributed by atoms with Gasteiger partial charge >= 0.3 is 0 Å². The Balaban J connectivity index is 1.01. The van der Waals surface area contributed by atoms with Crippen molar-refractivity contribution in [3.63, 3.8) is 0 Å². The predicted molar refractivity (Wildman–Crippen MR) is 518 cm³/mol. The molecule has 16 rings (SSSR count). The minimum Gasteiger partial charge on any atom is -0.311 e. The fraction of sp³-hybridized carbons (Fsp3) is 0.333. The summed E-state index contributed by atoms with van der Waals surface area (Å²) in [6.45, 7) is 14.5. The summed E-state index contributed by atoms with van der Waals surface area (Å²) in [5, 5.41) is 0. The first-order valence-corrected chi connectivity index (χ1v) is 47.0. The zero-order valence-electron chi connectivity index (χ0n) is 73.0. The highest BCUT2D eigenvalue weighted by Crippen LogP contribution is 2.72. The molecule has 0 radical (unpaired) electrons. The fourth-order valence-corrected chi connectivity index (χ4v) is 21.7. The number of rotatable bonds is 42. The summed E-state index contributed by atoms with van der Waals surface area (Å²) in [5.41, 5.74) is 36.7. The van der Waals surface area contributed by atoms with E-state index in [0.717, 1.165) is 89.7 Å². The molecule has 612 valence electrons. The predicted octanol–water partition coefficient (Wildman–Crippen LogP) is 35.7. The number of unbranched alkanes of at least 4 members (excludes halogenated alkanes) is 18. The van der Waals surface area contributed by atoms with Gasteiger partial charge < -0.3 is 14.7 Å². The lowest BCUT2D eigenvalue weighted by Gasteiger charge is -2.39. The van der Waals surface area contributed by atoms with Gasteiger partial charge in [-0.25, -0.2) is 0 Å². The number of nitrogens with zero attached hydrogens (tertiary/aromatic N) is 3. The van der Waals surface area contributed by atoms with Crippen molar-refractivity contribution in [3.05, 3.63) is 343 Å². The molecule has 0 amide bonds. The molecule has 0 heterocycles. The van der Waals surface area contributed by atoms with Crippen LogP contribution in [0.3, 0.4) is 0 Å². The van der Waals surface area contributed by atoms with Crippen molar-refractivity contribution in [1.82, 2.24) is 0 Å². The Morgan fingerprint density at radius 1 is 0.175 bits per heavy atom. The van der Waals surface area contributed by atoms with E-state index in [1.165, 1.54) is 204 Å². The van der Waals surface area contributed by atoms with Crippen LogP contribution in [0, 0.1) is 0 Å². The summed E-state index contributed by atoms with van der Waals surface area (Å²) in [5.74, 6) is 0. The molecule has 0 N–H and O–H groups in total. The fourth-order valence-electron chi connectivity index (χ4n) is 21.7.